The monoisotopic (exact) mass is 469 g/mol. The zero-order valence-corrected chi connectivity index (χ0v) is 18.0. The van der Waals surface area contributed by atoms with Crippen molar-refractivity contribution in [1.29, 1.82) is 0 Å². The average molecular weight is 469 g/mol. The van der Waals surface area contributed by atoms with Crippen LogP contribution >= 0.6 is 0 Å². The fraction of sp³-hybridized carbons (Fsp3) is 0.429. The second kappa shape index (κ2) is 9.61. The number of hydrogen-bond donors (Lipinski definition) is 0. The molecule has 0 amide bonds. The summed E-state index contributed by atoms with van der Waals surface area (Å²) in [7, 11) is 0. The number of non-ortho nitro benzene ring substituents is 1. The number of rotatable bonds is 7. The number of Topliss-reactive ketones (excluding diaryl/α,β-unsaturated/α-hetero) is 1. The standard InChI is InChI=1S/C21H22F3N3O6/c1-13-9-16(14(2)26(13)12-21(22,23)24)19(28)11-33-20(29)17-10-15(27(30)31)3-4-18(17)25-5-7-32-8-6-25/h3-4,9-10H,5-8,11-12H2,1-2H3. The van der Waals surface area contributed by atoms with Gasteiger partial charge in [0, 0.05) is 42.2 Å². The van der Waals surface area contributed by atoms with Crippen molar-refractivity contribution in [3.05, 3.63) is 56.9 Å². The molecule has 0 saturated carbocycles. The average Bonchev–Trinajstić information content (AvgIpc) is 3.04. The van der Waals surface area contributed by atoms with Gasteiger partial charge in [0.25, 0.3) is 5.69 Å². The van der Waals surface area contributed by atoms with Crippen LogP contribution in [-0.2, 0) is 16.0 Å². The first-order chi connectivity index (χ1) is 15.5. The molecule has 0 aliphatic carbocycles. The topological polar surface area (TPSA) is 104 Å². The summed E-state index contributed by atoms with van der Waals surface area (Å²) >= 11 is 0. The van der Waals surface area contributed by atoms with E-state index in [1.165, 1.54) is 32.0 Å². The number of nitrogens with zero attached hydrogens (tertiary/aromatic N) is 3. The molecule has 9 nitrogen and oxygen atoms in total. The van der Waals surface area contributed by atoms with E-state index >= 15 is 0 Å². The number of benzene rings is 1. The maximum absolute atomic E-state index is 12.8. The highest BCUT2D eigenvalue weighted by atomic mass is 19.4. The van der Waals surface area contributed by atoms with Crippen LogP contribution in [0.4, 0.5) is 24.5 Å². The lowest BCUT2D eigenvalue weighted by molar-refractivity contribution is -0.384. The summed E-state index contributed by atoms with van der Waals surface area (Å²) in [5.74, 6) is -1.62. The highest BCUT2D eigenvalue weighted by molar-refractivity contribution is 6.02. The molecule has 1 aromatic carbocycles. The second-order valence-corrected chi connectivity index (χ2v) is 7.54. The van der Waals surface area contributed by atoms with E-state index in [1.807, 2.05) is 4.90 Å². The third kappa shape index (κ3) is 5.69. The first-order valence-corrected chi connectivity index (χ1v) is 10.0. The molecule has 2 aromatic rings. The summed E-state index contributed by atoms with van der Waals surface area (Å²) in [4.78, 5) is 37.7. The molecule has 3 rings (SSSR count). The van der Waals surface area contributed by atoms with Crippen molar-refractivity contribution in [3.8, 4) is 0 Å². The number of nitro benzene ring substituents is 1. The highest BCUT2D eigenvalue weighted by Crippen LogP contribution is 2.28. The maximum Gasteiger partial charge on any atom is 0.406 e. The van der Waals surface area contributed by atoms with Crippen molar-refractivity contribution >= 4 is 23.1 Å². The maximum atomic E-state index is 12.8. The lowest BCUT2D eigenvalue weighted by Crippen LogP contribution is -2.37. The summed E-state index contributed by atoms with van der Waals surface area (Å²) in [5, 5.41) is 11.2. The smallest absolute Gasteiger partial charge is 0.406 e. The number of aryl methyl sites for hydroxylation is 1. The predicted molar refractivity (Wildman–Crippen MR) is 111 cm³/mol. The molecule has 0 spiro atoms. The number of halogens is 3. The van der Waals surface area contributed by atoms with E-state index in [0.29, 0.717) is 32.0 Å². The van der Waals surface area contributed by atoms with Crippen LogP contribution in [0.5, 0.6) is 0 Å². The number of ketones is 1. The Bertz CT molecular complexity index is 1070. The molecule has 0 N–H and O–H groups in total. The van der Waals surface area contributed by atoms with Gasteiger partial charge in [-0.2, -0.15) is 13.2 Å². The van der Waals surface area contributed by atoms with Gasteiger partial charge in [0.15, 0.2) is 6.61 Å². The quantitative estimate of drug-likeness (QED) is 0.265. The number of aromatic nitrogens is 1. The predicted octanol–water partition coefficient (Wildman–Crippen LogP) is 3.45. The summed E-state index contributed by atoms with van der Waals surface area (Å²) in [5.41, 5.74) is 0.368. The number of hydrogen-bond acceptors (Lipinski definition) is 7. The fourth-order valence-electron chi connectivity index (χ4n) is 3.67. The Labute approximate surface area is 186 Å². The van der Waals surface area contributed by atoms with Crippen molar-refractivity contribution in [1.82, 2.24) is 4.57 Å². The van der Waals surface area contributed by atoms with Crippen molar-refractivity contribution in [2.24, 2.45) is 0 Å². The van der Waals surface area contributed by atoms with Gasteiger partial charge in [-0.3, -0.25) is 14.9 Å². The molecule has 0 radical (unpaired) electrons. The van der Waals surface area contributed by atoms with Crippen LogP contribution in [-0.4, -0.2) is 60.3 Å². The Morgan fingerprint density at radius 1 is 1.15 bits per heavy atom. The van der Waals surface area contributed by atoms with E-state index < -0.39 is 36.0 Å². The van der Waals surface area contributed by atoms with E-state index in [4.69, 9.17) is 9.47 Å². The van der Waals surface area contributed by atoms with Crippen LogP contribution in [0.2, 0.25) is 0 Å². The van der Waals surface area contributed by atoms with Crippen LogP contribution in [0, 0.1) is 24.0 Å². The summed E-state index contributed by atoms with van der Waals surface area (Å²) in [6.07, 6.45) is -4.46. The highest BCUT2D eigenvalue weighted by Gasteiger charge is 2.30. The number of morpholine rings is 1. The summed E-state index contributed by atoms with van der Waals surface area (Å²) in [6, 6.07) is 5.09. The third-order valence-corrected chi connectivity index (χ3v) is 5.31. The molecule has 1 aliphatic rings. The fourth-order valence-corrected chi connectivity index (χ4v) is 3.67. The van der Waals surface area contributed by atoms with E-state index in [2.05, 4.69) is 0 Å². The minimum atomic E-state index is -4.46. The number of nitro groups is 1. The Kier molecular flexibility index (Phi) is 7.06. The number of esters is 1. The molecule has 12 heteroatoms. The molecule has 2 heterocycles. The minimum absolute atomic E-state index is 0.0111. The Balaban J connectivity index is 1.79. The SMILES string of the molecule is Cc1cc(C(=O)COC(=O)c2cc([N+](=O)[O-])ccc2N2CCOCC2)c(C)n1CC(F)(F)F. The van der Waals surface area contributed by atoms with Crippen molar-refractivity contribution < 1.29 is 37.2 Å². The molecular formula is C21H22F3N3O6. The largest absolute Gasteiger partial charge is 0.454 e. The summed E-state index contributed by atoms with van der Waals surface area (Å²) in [6.45, 7) is 2.61. The minimum Gasteiger partial charge on any atom is -0.454 e. The van der Waals surface area contributed by atoms with E-state index in [0.717, 1.165) is 10.6 Å². The van der Waals surface area contributed by atoms with E-state index in [-0.39, 0.29) is 28.2 Å². The van der Waals surface area contributed by atoms with E-state index in [1.54, 1.807) is 0 Å². The Hall–Kier alpha value is -3.41. The number of ether oxygens (including phenoxy) is 2. The zero-order valence-electron chi connectivity index (χ0n) is 18.0. The van der Waals surface area contributed by atoms with Crippen LogP contribution < -0.4 is 4.90 Å². The van der Waals surface area contributed by atoms with Crippen LogP contribution in [0.25, 0.3) is 0 Å². The van der Waals surface area contributed by atoms with Gasteiger partial charge < -0.3 is 18.9 Å². The van der Waals surface area contributed by atoms with Crippen molar-refractivity contribution in [2.45, 2.75) is 26.6 Å². The molecule has 1 aromatic heterocycles. The molecule has 1 saturated heterocycles. The molecule has 1 fully saturated rings. The zero-order chi connectivity index (χ0) is 24.3. The first kappa shape index (κ1) is 24.2. The van der Waals surface area contributed by atoms with Gasteiger partial charge in [-0.25, -0.2) is 4.79 Å². The molecule has 0 atom stereocenters. The van der Waals surface area contributed by atoms with Crippen molar-refractivity contribution in [3.63, 3.8) is 0 Å². The van der Waals surface area contributed by atoms with Gasteiger partial charge in [-0.15, -0.1) is 0 Å². The molecular weight excluding hydrogens is 447 g/mol. The van der Waals surface area contributed by atoms with Crippen LogP contribution in [0.1, 0.15) is 32.1 Å². The number of carbonyl (C=O) groups excluding carboxylic acids is 2. The molecule has 178 valence electrons. The second-order valence-electron chi connectivity index (χ2n) is 7.54. The third-order valence-electron chi connectivity index (χ3n) is 5.31. The molecule has 33 heavy (non-hydrogen) atoms. The summed E-state index contributed by atoms with van der Waals surface area (Å²) < 4.78 is 49.8. The van der Waals surface area contributed by atoms with Gasteiger partial charge in [-0.1, -0.05) is 0 Å². The molecule has 1 aliphatic heterocycles. The van der Waals surface area contributed by atoms with E-state index in [9.17, 15) is 32.9 Å². The first-order valence-electron chi connectivity index (χ1n) is 10.0. The van der Waals surface area contributed by atoms with Crippen LogP contribution in [0.15, 0.2) is 24.3 Å². The number of anilines is 1. The van der Waals surface area contributed by atoms with Gasteiger partial charge >= 0.3 is 12.1 Å². The molecule has 0 unspecified atom stereocenters. The normalized spacial score (nSPS) is 14.3. The van der Waals surface area contributed by atoms with Gasteiger partial charge in [-0.05, 0) is 26.0 Å². The van der Waals surface area contributed by atoms with Crippen LogP contribution in [0.3, 0.4) is 0 Å². The van der Waals surface area contributed by atoms with Gasteiger partial charge in [0.1, 0.15) is 6.54 Å². The Morgan fingerprint density at radius 2 is 1.82 bits per heavy atom. The number of carbonyl (C=O) groups is 2. The lowest BCUT2D eigenvalue weighted by atomic mass is 10.1. The lowest BCUT2D eigenvalue weighted by Gasteiger charge is -2.30. The molecule has 0 bridgehead atoms. The van der Waals surface area contributed by atoms with Gasteiger partial charge in [0.2, 0.25) is 5.78 Å². The van der Waals surface area contributed by atoms with Crippen molar-refractivity contribution in [2.75, 3.05) is 37.8 Å². The van der Waals surface area contributed by atoms with Gasteiger partial charge in [0.05, 0.1) is 29.4 Å². The Morgan fingerprint density at radius 3 is 2.42 bits per heavy atom. The number of alkyl halides is 3.